The Hall–Kier alpha value is -1.15. The van der Waals surface area contributed by atoms with Crippen LogP contribution < -0.4 is 4.72 Å². The SMILES string of the molecule is C[C@@H]1CN(C(=O)[C@@H](C)NS(=O)(=O)c2cccc(Cl)c2)C[C@@H](C)O1. The van der Waals surface area contributed by atoms with Gasteiger partial charge < -0.3 is 9.64 Å². The van der Waals surface area contributed by atoms with Gasteiger partial charge in [-0.3, -0.25) is 4.79 Å². The molecule has 128 valence electrons. The van der Waals surface area contributed by atoms with Crippen molar-refractivity contribution in [3.05, 3.63) is 29.3 Å². The van der Waals surface area contributed by atoms with E-state index < -0.39 is 16.1 Å². The third-order valence-electron chi connectivity index (χ3n) is 3.54. The van der Waals surface area contributed by atoms with E-state index in [0.29, 0.717) is 18.1 Å². The van der Waals surface area contributed by atoms with Crippen molar-refractivity contribution in [1.82, 2.24) is 9.62 Å². The molecule has 2 rings (SSSR count). The molecule has 1 saturated heterocycles. The molecule has 0 bridgehead atoms. The van der Waals surface area contributed by atoms with E-state index in [2.05, 4.69) is 4.72 Å². The minimum absolute atomic E-state index is 0.0355. The normalized spacial score (nSPS) is 23.6. The molecule has 0 aliphatic carbocycles. The second-order valence-corrected chi connectivity index (χ2v) is 7.95. The second-order valence-electron chi connectivity index (χ2n) is 5.80. The Labute approximate surface area is 141 Å². The van der Waals surface area contributed by atoms with Crippen LogP contribution in [0.2, 0.25) is 5.02 Å². The zero-order chi connectivity index (χ0) is 17.2. The van der Waals surface area contributed by atoms with Crippen LogP contribution in [0.15, 0.2) is 29.2 Å². The molecule has 1 aliphatic heterocycles. The number of carbonyl (C=O) groups is 1. The van der Waals surface area contributed by atoms with Crippen LogP contribution in [0.4, 0.5) is 0 Å². The molecule has 1 aliphatic rings. The summed E-state index contributed by atoms with van der Waals surface area (Å²) >= 11 is 5.82. The van der Waals surface area contributed by atoms with Crippen LogP contribution in [0.3, 0.4) is 0 Å². The fourth-order valence-corrected chi connectivity index (χ4v) is 4.11. The van der Waals surface area contributed by atoms with E-state index in [0.717, 1.165) is 0 Å². The lowest BCUT2D eigenvalue weighted by Gasteiger charge is -2.36. The summed E-state index contributed by atoms with van der Waals surface area (Å²) in [5, 5.41) is 0.322. The number of hydrogen-bond acceptors (Lipinski definition) is 4. The van der Waals surface area contributed by atoms with Crippen LogP contribution in [-0.2, 0) is 19.6 Å². The van der Waals surface area contributed by atoms with Crippen LogP contribution in [0.1, 0.15) is 20.8 Å². The highest BCUT2D eigenvalue weighted by molar-refractivity contribution is 7.89. The van der Waals surface area contributed by atoms with Gasteiger partial charge >= 0.3 is 0 Å². The Kier molecular flexibility index (Phi) is 5.67. The maximum atomic E-state index is 12.5. The summed E-state index contributed by atoms with van der Waals surface area (Å²) in [4.78, 5) is 14.1. The molecule has 0 aromatic heterocycles. The molecule has 1 fully saturated rings. The molecule has 1 amide bonds. The number of carbonyl (C=O) groups excluding carboxylic acids is 1. The average Bonchev–Trinajstić information content (AvgIpc) is 2.45. The van der Waals surface area contributed by atoms with E-state index >= 15 is 0 Å². The highest BCUT2D eigenvalue weighted by Gasteiger charge is 2.30. The highest BCUT2D eigenvalue weighted by Crippen LogP contribution is 2.17. The van der Waals surface area contributed by atoms with Gasteiger partial charge in [0, 0.05) is 18.1 Å². The molecule has 1 heterocycles. The molecule has 8 heteroatoms. The van der Waals surface area contributed by atoms with Crippen molar-refractivity contribution in [3.8, 4) is 0 Å². The summed E-state index contributed by atoms with van der Waals surface area (Å²) < 4.78 is 32.7. The number of ether oxygens (including phenoxy) is 1. The number of rotatable bonds is 4. The highest BCUT2D eigenvalue weighted by atomic mass is 35.5. The number of nitrogens with zero attached hydrogens (tertiary/aromatic N) is 1. The fourth-order valence-electron chi connectivity index (χ4n) is 2.62. The van der Waals surface area contributed by atoms with Crippen molar-refractivity contribution in [2.24, 2.45) is 0 Å². The van der Waals surface area contributed by atoms with Gasteiger partial charge in [-0.1, -0.05) is 17.7 Å². The number of hydrogen-bond donors (Lipinski definition) is 1. The first kappa shape index (κ1) is 18.2. The second kappa shape index (κ2) is 7.17. The molecular formula is C15H21ClN2O4S. The number of morpholine rings is 1. The van der Waals surface area contributed by atoms with Crippen LogP contribution in [0.5, 0.6) is 0 Å². The average molecular weight is 361 g/mol. The molecule has 0 saturated carbocycles. The Balaban J connectivity index is 2.08. The van der Waals surface area contributed by atoms with Gasteiger partial charge in [-0.15, -0.1) is 0 Å². The van der Waals surface area contributed by atoms with Gasteiger partial charge in [-0.2, -0.15) is 4.72 Å². The van der Waals surface area contributed by atoms with E-state index in [-0.39, 0.29) is 23.0 Å². The molecule has 23 heavy (non-hydrogen) atoms. The predicted octanol–water partition coefficient (Wildman–Crippen LogP) is 1.64. The van der Waals surface area contributed by atoms with E-state index in [9.17, 15) is 13.2 Å². The molecule has 1 aromatic rings. The van der Waals surface area contributed by atoms with E-state index in [4.69, 9.17) is 16.3 Å². The number of sulfonamides is 1. The number of benzene rings is 1. The van der Waals surface area contributed by atoms with Crippen molar-refractivity contribution < 1.29 is 17.9 Å². The number of nitrogens with one attached hydrogen (secondary N) is 1. The number of halogens is 1. The van der Waals surface area contributed by atoms with Crippen molar-refractivity contribution >= 4 is 27.5 Å². The lowest BCUT2D eigenvalue weighted by molar-refractivity contribution is -0.144. The van der Waals surface area contributed by atoms with Crippen LogP contribution in [-0.4, -0.2) is 50.6 Å². The first-order valence-corrected chi connectivity index (χ1v) is 9.27. The maximum Gasteiger partial charge on any atom is 0.241 e. The minimum Gasteiger partial charge on any atom is -0.372 e. The summed E-state index contributed by atoms with van der Waals surface area (Å²) in [6, 6.07) is 5.06. The van der Waals surface area contributed by atoms with Crippen molar-refractivity contribution in [2.75, 3.05) is 13.1 Å². The molecule has 0 spiro atoms. The Bertz CT molecular complexity index is 670. The van der Waals surface area contributed by atoms with Gasteiger partial charge in [0.05, 0.1) is 23.1 Å². The smallest absolute Gasteiger partial charge is 0.241 e. The molecule has 1 aromatic carbocycles. The summed E-state index contributed by atoms with van der Waals surface area (Å²) in [6.07, 6.45) is -0.140. The summed E-state index contributed by atoms with van der Waals surface area (Å²) in [6.45, 7) is 6.21. The van der Waals surface area contributed by atoms with Gasteiger partial charge in [0.25, 0.3) is 0 Å². The quantitative estimate of drug-likeness (QED) is 0.885. The topological polar surface area (TPSA) is 75.7 Å². The van der Waals surface area contributed by atoms with Crippen LogP contribution in [0, 0.1) is 0 Å². The van der Waals surface area contributed by atoms with Gasteiger partial charge in [-0.25, -0.2) is 8.42 Å². The molecule has 1 N–H and O–H groups in total. The largest absolute Gasteiger partial charge is 0.372 e. The van der Waals surface area contributed by atoms with Gasteiger partial charge in [0.2, 0.25) is 15.9 Å². The third kappa shape index (κ3) is 4.67. The molecule has 6 nitrogen and oxygen atoms in total. The summed E-state index contributed by atoms with van der Waals surface area (Å²) in [7, 11) is -3.81. The third-order valence-corrected chi connectivity index (χ3v) is 5.31. The first-order chi connectivity index (χ1) is 10.7. The number of amides is 1. The zero-order valence-corrected chi connectivity index (χ0v) is 14.9. The summed E-state index contributed by atoms with van der Waals surface area (Å²) in [5.74, 6) is -0.266. The van der Waals surface area contributed by atoms with Gasteiger partial charge in [-0.05, 0) is 39.0 Å². The van der Waals surface area contributed by atoms with Crippen LogP contribution >= 0.6 is 11.6 Å². The zero-order valence-electron chi connectivity index (χ0n) is 13.3. The Morgan fingerprint density at radius 2 is 1.96 bits per heavy atom. The van der Waals surface area contributed by atoms with Crippen molar-refractivity contribution in [3.63, 3.8) is 0 Å². The van der Waals surface area contributed by atoms with Crippen LogP contribution in [0.25, 0.3) is 0 Å². The standard InChI is InChI=1S/C15H21ClN2O4S/c1-10-8-18(9-11(2)22-10)15(19)12(3)17-23(20,21)14-6-4-5-13(16)7-14/h4-7,10-12,17H,8-9H2,1-3H3/t10-,11-,12-/m1/s1. The summed E-state index contributed by atoms with van der Waals surface area (Å²) in [5.41, 5.74) is 0. The first-order valence-electron chi connectivity index (χ1n) is 7.41. The predicted molar refractivity (Wildman–Crippen MR) is 87.8 cm³/mol. The van der Waals surface area contributed by atoms with E-state index in [1.54, 1.807) is 17.0 Å². The van der Waals surface area contributed by atoms with E-state index in [1.807, 2.05) is 13.8 Å². The van der Waals surface area contributed by atoms with Gasteiger partial charge in [0.15, 0.2) is 0 Å². The molecule has 3 atom stereocenters. The lowest BCUT2D eigenvalue weighted by atomic mass is 10.2. The lowest BCUT2D eigenvalue weighted by Crippen LogP contribution is -2.54. The molecular weight excluding hydrogens is 340 g/mol. The monoisotopic (exact) mass is 360 g/mol. The van der Waals surface area contributed by atoms with E-state index in [1.165, 1.54) is 19.1 Å². The van der Waals surface area contributed by atoms with Crippen molar-refractivity contribution in [2.45, 2.75) is 43.9 Å². The minimum atomic E-state index is -3.81. The molecule has 0 unspecified atom stereocenters. The molecule has 0 radical (unpaired) electrons. The van der Waals surface area contributed by atoms with Gasteiger partial charge in [0.1, 0.15) is 0 Å². The Morgan fingerprint density at radius 3 is 2.52 bits per heavy atom. The maximum absolute atomic E-state index is 12.5. The van der Waals surface area contributed by atoms with Crippen molar-refractivity contribution in [1.29, 1.82) is 0 Å². The Morgan fingerprint density at radius 1 is 1.35 bits per heavy atom. The fraction of sp³-hybridized carbons (Fsp3) is 0.533.